The average molecular weight is 457 g/mol. The van der Waals surface area contributed by atoms with Crippen molar-refractivity contribution in [3.05, 3.63) is 55.0 Å². The third-order valence-corrected chi connectivity index (χ3v) is 6.24. The summed E-state index contributed by atoms with van der Waals surface area (Å²) in [4.78, 5) is 28.3. The fourth-order valence-corrected chi connectivity index (χ4v) is 4.60. The van der Waals surface area contributed by atoms with Crippen LogP contribution in [0.15, 0.2) is 55.0 Å². The zero-order valence-electron chi connectivity index (χ0n) is 18.7. The van der Waals surface area contributed by atoms with Gasteiger partial charge in [0.1, 0.15) is 5.82 Å². The Balaban J connectivity index is 1.26. The number of benzene rings is 1. The predicted molar refractivity (Wildman–Crippen MR) is 129 cm³/mol. The molecule has 2 N–H and O–H groups in total. The van der Waals surface area contributed by atoms with Gasteiger partial charge in [-0.15, -0.1) is 0 Å². The van der Waals surface area contributed by atoms with E-state index in [9.17, 15) is 4.79 Å². The number of fused-ring (bicyclic) bond motifs is 3. The summed E-state index contributed by atoms with van der Waals surface area (Å²) in [6.07, 6.45) is 7.78. The first-order valence-electron chi connectivity index (χ1n) is 11.3. The molecule has 172 valence electrons. The molecule has 10 heteroatoms. The van der Waals surface area contributed by atoms with Gasteiger partial charge in [-0.3, -0.25) is 9.67 Å². The van der Waals surface area contributed by atoms with Crippen LogP contribution in [0.25, 0.3) is 22.4 Å². The monoisotopic (exact) mass is 456 g/mol. The zero-order valence-corrected chi connectivity index (χ0v) is 18.7. The van der Waals surface area contributed by atoms with E-state index in [-0.39, 0.29) is 18.2 Å². The number of nitrogens with zero attached hydrogens (tertiary/aromatic N) is 6. The highest BCUT2D eigenvalue weighted by Crippen LogP contribution is 2.33. The summed E-state index contributed by atoms with van der Waals surface area (Å²) in [5.41, 5.74) is 2.94. The molecule has 2 amide bonds. The molecule has 2 aliphatic rings. The highest BCUT2D eigenvalue weighted by Gasteiger charge is 2.35. The van der Waals surface area contributed by atoms with Gasteiger partial charge in [0, 0.05) is 37.6 Å². The average Bonchev–Trinajstić information content (AvgIpc) is 3.40. The normalized spacial score (nSPS) is 19.4. The van der Waals surface area contributed by atoms with Gasteiger partial charge in [0.05, 0.1) is 35.7 Å². The lowest BCUT2D eigenvalue weighted by atomic mass is 10.2. The van der Waals surface area contributed by atoms with Crippen LogP contribution < -0.4 is 15.5 Å². The topological polar surface area (TPSA) is 110 Å². The summed E-state index contributed by atoms with van der Waals surface area (Å²) < 4.78 is 7.79. The fraction of sp³-hybridized carbons (Fsp3) is 0.292. The Hall–Kier alpha value is -4.05. The van der Waals surface area contributed by atoms with E-state index in [1.165, 1.54) is 0 Å². The van der Waals surface area contributed by atoms with E-state index < -0.39 is 0 Å². The predicted octanol–water partition coefficient (Wildman–Crippen LogP) is 3.44. The highest BCUT2D eigenvalue weighted by molar-refractivity contribution is 5.99. The molecule has 3 aromatic heterocycles. The van der Waals surface area contributed by atoms with Crippen molar-refractivity contribution < 1.29 is 9.53 Å². The van der Waals surface area contributed by atoms with Crippen molar-refractivity contribution in [1.29, 1.82) is 0 Å². The van der Waals surface area contributed by atoms with E-state index in [1.807, 2.05) is 37.5 Å². The van der Waals surface area contributed by atoms with Gasteiger partial charge < -0.3 is 20.3 Å². The zero-order chi connectivity index (χ0) is 23.1. The van der Waals surface area contributed by atoms with Crippen molar-refractivity contribution in [3.8, 4) is 11.4 Å². The highest BCUT2D eigenvalue weighted by atomic mass is 16.5. The minimum absolute atomic E-state index is 0.257. The molecule has 6 rings (SSSR count). The smallest absolute Gasteiger partial charge is 0.323 e. The maximum atomic E-state index is 12.3. The quantitative estimate of drug-likeness (QED) is 0.484. The molecule has 2 aliphatic heterocycles. The van der Waals surface area contributed by atoms with Crippen molar-refractivity contribution in [3.63, 3.8) is 0 Å². The second-order valence-electron chi connectivity index (χ2n) is 8.64. The lowest BCUT2D eigenvalue weighted by Gasteiger charge is -2.33. The number of carbonyl (C=O) groups is 1. The molecular weight excluding hydrogens is 432 g/mol. The lowest BCUT2D eigenvalue weighted by Crippen LogP contribution is -2.43. The minimum Gasteiger partial charge on any atom is -0.371 e. The van der Waals surface area contributed by atoms with Crippen LogP contribution in [-0.2, 0) is 11.8 Å². The molecule has 0 radical (unpaired) electrons. The Morgan fingerprint density at radius 2 is 1.76 bits per heavy atom. The summed E-state index contributed by atoms with van der Waals surface area (Å²) in [6, 6.07) is 10.7. The van der Waals surface area contributed by atoms with Crippen LogP contribution in [0.5, 0.6) is 0 Å². The Bertz CT molecular complexity index is 1330. The summed E-state index contributed by atoms with van der Waals surface area (Å²) in [5, 5.41) is 10.9. The Labute approximate surface area is 196 Å². The van der Waals surface area contributed by atoms with Gasteiger partial charge in [-0.2, -0.15) is 5.10 Å². The van der Waals surface area contributed by atoms with Gasteiger partial charge in [0.25, 0.3) is 0 Å². The first-order valence-corrected chi connectivity index (χ1v) is 11.3. The van der Waals surface area contributed by atoms with Crippen molar-refractivity contribution in [2.24, 2.45) is 7.05 Å². The fourth-order valence-electron chi connectivity index (χ4n) is 4.60. The van der Waals surface area contributed by atoms with E-state index in [4.69, 9.17) is 14.7 Å². The molecule has 2 saturated heterocycles. The number of hydrogen-bond donors (Lipinski definition) is 2. The number of rotatable bonds is 4. The minimum atomic E-state index is -0.336. The molecule has 0 saturated carbocycles. The van der Waals surface area contributed by atoms with E-state index >= 15 is 0 Å². The number of aryl methyl sites for hydroxylation is 1. The van der Waals surface area contributed by atoms with Crippen LogP contribution in [-0.4, -0.2) is 56.1 Å². The van der Waals surface area contributed by atoms with E-state index in [0.29, 0.717) is 17.2 Å². The number of carbonyl (C=O) groups excluding carboxylic acids is 1. The second kappa shape index (κ2) is 8.38. The number of amides is 2. The van der Waals surface area contributed by atoms with E-state index in [2.05, 4.69) is 25.6 Å². The number of hydrogen-bond acceptors (Lipinski definition) is 7. The van der Waals surface area contributed by atoms with Crippen LogP contribution >= 0.6 is 0 Å². The number of pyridine rings is 1. The van der Waals surface area contributed by atoms with Crippen LogP contribution in [0.4, 0.5) is 22.0 Å². The summed E-state index contributed by atoms with van der Waals surface area (Å²) >= 11 is 0. The molecule has 2 bridgehead atoms. The van der Waals surface area contributed by atoms with Crippen molar-refractivity contribution in [1.82, 2.24) is 24.7 Å². The number of nitrogens with one attached hydrogen (secondary N) is 2. The third-order valence-electron chi connectivity index (χ3n) is 6.24. The number of anilines is 3. The van der Waals surface area contributed by atoms with Crippen molar-refractivity contribution in [2.75, 3.05) is 28.6 Å². The first kappa shape index (κ1) is 20.5. The molecule has 5 heterocycles. The van der Waals surface area contributed by atoms with Crippen LogP contribution in [0, 0.1) is 0 Å². The van der Waals surface area contributed by atoms with Gasteiger partial charge in [-0.05, 0) is 49.2 Å². The number of morpholine rings is 1. The number of ether oxygens (including phenoxy) is 1. The summed E-state index contributed by atoms with van der Waals surface area (Å²) in [6.45, 7) is 1.65. The van der Waals surface area contributed by atoms with Crippen LogP contribution in [0.1, 0.15) is 12.8 Å². The second-order valence-corrected chi connectivity index (χ2v) is 8.64. The summed E-state index contributed by atoms with van der Waals surface area (Å²) in [7, 11) is 1.89. The number of aromatic nitrogens is 5. The molecule has 0 aliphatic carbocycles. The van der Waals surface area contributed by atoms with E-state index in [0.717, 1.165) is 48.3 Å². The molecule has 10 nitrogen and oxygen atoms in total. The largest absolute Gasteiger partial charge is 0.371 e. The maximum Gasteiger partial charge on any atom is 0.323 e. The van der Waals surface area contributed by atoms with Crippen molar-refractivity contribution in [2.45, 2.75) is 25.0 Å². The molecule has 1 aromatic carbocycles. The van der Waals surface area contributed by atoms with Gasteiger partial charge >= 0.3 is 6.03 Å². The molecule has 0 spiro atoms. The Morgan fingerprint density at radius 1 is 1.00 bits per heavy atom. The van der Waals surface area contributed by atoms with Gasteiger partial charge in [-0.1, -0.05) is 0 Å². The third kappa shape index (κ3) is 3.92. The lowest BCUT2D eigenvalue weighted by molar-refractivity contribution is 0.0303. The summed E-state index contributed by atoms with van der Waals surface area (Å²) in [5.74, 6) is 1.52. The Morgan fingerprint density at radius 3 is 2.50 bits per heavy atom. The molecular formula is C24H24N8O2. The maximum absolute atomic E-state index is 12.3. The van der Waals surface area contributed by atoms with Crippen molar-refractivity contribution >= 4 is 34.3 Å². The molecule has 4 aromatic rings. The molecule has 2 fully saturated rings. The van der Waals surface area contributed by atoms with Crippen LogP contribution in [0.2, 0.25) is 0 Å². The van der Waals surface area contributed by atoms with E-state index in [1.54, 1.807) is 29.2 Å². The first-order chi connectivity index (χ1) is 16.6. The Kier molecular flexibility index (Phi) is 5.06. The molecule has 2 atom stereocenters. The SMILES string of the molecule is Cn1ncc2c(N3CC4CCC(C3)O4)nc(-c3ccc(NC(=O)Nc4cccnc4)cc3)nc21. The van der Waals surface area contributed by atoms with Crippen LogP contribution in [0.3, 0.4) is 0 Å². The van der Waals surface area contributed by atoms with Gasteiger partial charge in [-0.25, -0.2) is 14.8 Å². The molecule has 34 heavy (non-hydrogen) atoms. The van der Waals surface area contributed by atoms with Gasteiger partial charge in [0.2, 0.25) is 0 Å². The van der Waals surface area contributed by atoms with Gasteiger partial charge in [0.15, 0.2) is 11.5 Å². The number of urea groups is 1. The molecule has 2 unspecified atom stereocenters. The standard InChI is InChI=1S/C24H24N8O2/c1-31-22-20(12-26-31)23(32-13-18-8-9-19(14-32)34-18)30-21(29-22)15-4-6-16(7-5-15)27-24(33)28-17-3-2-10-25-11-17/h2-7,10-12,18-19H,8-9,13-14H2,1H3,(H2,27,28,33).